The molecular formula is C26H26N2O2. The van der Waals surface area contributed by atoms with Crippen molar-refractivity contribution < 1.29 is 9.52 Å². The zero-order valence-electron chi connectivity index (χ0n) is 17.8. The fourth-order valence-electron chi connectivity index (χ4n) is 3.33. The van der Waals surface area contributed by atoms with Gasteiger partial charge in [0, 0.05) is 11.1 Å². The Hall–Kier alpha value is -3.24. The average molecular weight is 399 g/mol. The van der Waals surface area contributed by atoms with E-state index in [0.717, 1.165) is 22.3 Å². The third-order valence-electron chi connectivity index (χ3n) is 5.28. The standard InChI is InChI=1S/C26H26N2O2/c1-17(29)18-5-9-21(10-6-18)24-27-28-25(30-24)22-11-7-19(8-12-22)20-13-15-23(16-14-20)26(2,3)4/h5-17,29H,1-4H3. The first-order valence-corrected chi connectivity index (χ1v) is 10.1. The molecule has 4 aromatic rings. The second-order valence-corrected chi connectivity index (χ2v) is 8.62. The Kier molecular flexibility index (Phi) is 5.27. The maximum atomic E-state index is 9.64. The number of rotatable bonds is 4. The van der Waals surface area contributed by atoms with E-state index in [1.807, 2.05) is 36.4 Å². The lowest BCUT2D eigenvalue weighted by atomic mass is 9.86. The van der Waals surface area contributed by atoms with Gasteiger partial charge in [-0.25, -0.2) is 0 Å². The summed E-state index contributed by atoms with van der Waals surface area (Å²) in [6.07, 6.45) is -0.500. The summed E-state index contributed by atoms with van der Waals surface area (Å²) in [6, 6.07) is 24.3. The van der Waals surface area contributed by atoms with Gasteiger partial charge in [-0.05, 0) is 58.9 Å². The summed E-state index contributed by atoms with van der Waals surface area (Å²) in [6.45, 7) is 8.40. The van der Waals surface area contributed by atoms with E-state index in [2.05, 4.69) is 67.4 Å². The molecule has 0 radical (unpaired) electrons. The molecule has 4 heteroatoms. The van der Waals surface area contributed by atoms with Crippen molar-refractivity contribution in [2.45, 2.75) is 39.2 Å². The quantitative estimate of drug-likeness (QED) is 0.431. The lowest BCUT2D eigenvalue weighted by Gasteiger charge is -2.19. The second kappa shape index (κ2) is 7.88. The second-order valence-electron chi connectivity index (χ2n) is 8.62. The Morgan fingerprint density at radius 2 is 1.07 bits per heavy atom. The van der Waals surface area contributed by atoms with E-state index < -0.39 is 6.10 Å². The molecule has 152 valence electrons. The number of nitrogens with zero attached hydrogens (tertiary/aromatic N) is 2. The zero-order chi connectivity index (χ0) is 21.3. The predicted molar refractivity (Wildman–Crippen MR) is 120 cm³/mol. The maximum Gasteiger partial charge on any atom is 0.248 e. The Balaban J connectivity index is 1.53. The van der Waals surface area contributed by atoms with Crippen LogP contribution in [0.3, 0.4) is 0 Å². The van der Waals surface area contributed by atoms with Crippen molar-refractivity contribution in [3.63, 3.8) is 0 Å². The largest absolute Gasteiger partial charge is 0.416 e. The van der Waals surface area contributed by atoms with E-state index in [9.17, 15) is 5.11 Å². The Labute approximate surface area is 177 Å². The molecule has 30 heavy (non-hydrogen) atoms. The summed E-state index contributed by atoms with van der Waals surface area (Å²) in [5.74, 6) is 0.947. The molecule has 0 aliphatic carbocycles. The molecule has 0 saturated heterocycles. The predicted octanol–water partition coefficient (Wildman–Crippen LogP) is 6.42. The van der Waals surface area contributed by atoms with E-state index in [1.54, 1.807) is 6.92 Å². The van der Waals surface area contributed by atoms with E-state index in [-0.39, 0.29) is 5.41 Å². The number of aliphatic hydroxyl groups is 1. The Morgan fingerprint density at radius 1 is 0.667 bits per heavy atom. The number of hydrogen-bond acceptors (Lipinski definition) is 4. The molecule has 0 fully saturated rings. The number of benzene rings is 3. The highest BCUT2D eigenvalue weighted by Gasteiger charge is 2.14. The van der Waals surface area contributed by atoms with Crippen LogP contribution in [0.5, 0.6) is 0 Å². The van der Waals surface area contributed by atoms with Gasteiger partial charge in [0.15, 0.2) is 0 Å². The first kappa shape index (κ1) is 20.0. The lowest BCUT2D eigenvalue weighted by molar-refractivity contribution is 0.199. The fourth-order valence-corrected chi connectivity index (χ4v) is 3.33. The molecule has 0 amide bonds. The molecule has 0 aliphatic rings. The van der Waals surface area contributed by atoms with Gasteiger partial charge < -0.3 is 9.52 Å². The van der Waals surface area contributed by atoms with Crippen LogP contribution >= 0.6 is 0 Å². The van der Waals surface area contributed by atoms with Crippen LogP contribution in [0, 0.1) is 0 Å². The summed E-state index contributed by atoms with van der Waals surface area (Å²) in [5, 5.41) is 18.0. The van der Waals surface area contributed by atoms with Gasteiger partial charge in [-0.15, -0.1) is 10.2 Å². The SMILES string of the molecule is CC(O)c1ccc(-c2nnc(-c3ccc(-c4ccc(C(C)(C)C)cc4)cc3)o2)cc1. The Morgan fingerprint density at radius 3 is 1.50 bits per heavy atom. The number of aliphatic hydroxyl groups excluding tert-OH is 1. The molecule has 0 aliphatic heterocycles. The molecule has 1 heterocycles. The smallest absolute Gasteiger partial charge is 0.248 e. The van der Waals surface area contributed by atoms with Crippen molar-refractivity contribution in [1.82, 2.24) is 10.2 Å². The van der Waals surface area contributed by atoms with Gasteiger partial charge in [-0.1, -0.05) is 69.3 Å². The molecule has 1 N–H and O–H groups in total. The Bertz CT molecular complexity index is 1120. The lowest BCUT2D eigenvalue weighted by Crippen LogP contribution is -2.10. The van der Waals surface area contributed by atoms with E-state index in [1.165, 1.54) is 11.1 Å². The van der Waals surface area contributed by atoms with Crippen LogP contribution < -0.4 is 0 Å². The van der Waals surface area contributed by atoms with Crippen molar-refractivity contribution in [3.05, 3.63) is 83.9 Å². The number of hydrogen-bond donors (Lipinski definition) is 1. The van der Waals surface area contributed by atoms with Gasteiger partial charge in [0.1, 0.15) is 0 Å². The molecule has 0 bridgehead atoms. The minimum atomic E-state index is -0.500. The van der Waals surface area contributed by atoms with E-state index in [0.29, 0.717) is 11.8 Å². The fraction of sp³-hybridized carbons (Fsp3) is 0.231. The van der Waals surface area contributed by atoms with Crippen LogP contribution in [0.15, 0.2) is 77.2 Å². The van der Waals surface area contributed by atoms with Crippen LogP contribution in [0.4, 0.5) is 0 Å². The van der Waals surface area contributed by atoms with Crippen molar-refractivity contribution >= 4 is 0 Å². The molecule has 4 rings (SSSR count). The minimum Gasteiger partial charge on any atom is -0.416 e. The van der Waals surface area contributed by atoms with Crippen LogP contribution in [-0.2, 0) is 5.41 Å². The topological polar surface area (TPSA) is 59.2 Å². The molecule has 3 aromatic carbocycles. The monoisotopic (exact) mass is 398 g/mol. The summed E-state index contributed by atoms with van der Waals surface area (Å²) in [4.78, 5) is 0. The van der Waals surface area contributed by atoms with Crippen LogP contribution in [-0.4, -0.2) is 15.3 Å². The van der Waals surface area contributed by atoms with Crippen molar-refractivity contribution in [2.75, 3.05) is 0 Å². The maximum absolute atomic E-state index is 9.64. The molecule has 1 atom stereocenters. The first-order chi connectivity index (χ1) is 14.3. The molecule has 1 aromatic heterocycles. The van der Waals surface area contributed by atoms with Crippen molar-refractivity contribution in [2.24, 2.45) is 0 Å². The van der Waals surface area contributed by atoms with Gasteiger partial charge in [0.2, 0.25) is 11.8 Å². The average Bonchev–Trinajstić information content (AvgIpc) is 3.24. The number of aromatic nitrogens is 2. The highest BCUT2D eigenvalue weighted by molar-refractivity contribution is 5.68. The third kappa shape index (κ3) is 4.19. The summed E-state index contributed by atoms with van der Waals surface area (Å²) >= 11 is 0. The third-order valence-corrected chi connectivity index (χ3v) is 5.28. The van der Waals surface area contributed by atoms with Crippen molar-refractivity contribution in [1.29, 1.82) is 0 Å². The molecular weight excluding hydrogens is 372 g/mol. The van der Waals surface area contributed by atoms with Gasteiger partial charge in [0.05, 0.1) is 6.10 Å². The van der Waals surface area contributed by atoms with Gasteiger partial charge in [-0.2, -0.15) is 0 Å². The normalized spacial score (nSPS) is 12.7. The van der Waals surface area contributed by atoms with Crippen LogP contribution in [0.2, 0.25) is 0 Å². The first-order valence-electron chi connectivity index (χ1n) is 10.1. The summed E-state index contributed by atoms with van der Waals surface area (Å²) < 4.78 is 5.87. The van der Waals surface area contributed by atoms with Crippen LogP contribution in [0.25, 0.3) is 34.0 Å². The molecule has 0 spiro atoms. The van der Waals surface area contributed by atoms with Crippen molar-refractivity contribution in [3.8, 4) is 34.0 Å². The highest BCUT2D eigenvalue weighted by Crippen LogP contribution is 2.29. The van der Waals surface area contributed by atoms with E-state index in [4.69, 9.17) is 4.42 Å². The minimum absolute atomic E-state index is 0.148. The summed E-state index contributed by atoms with van der Waals surface area (Å²) in [7, 11) is 0. The molecule has 0 saturated carbocycles. The van der Waals surface area contributed by atoms with E-state index >= 15 is 0 Å². The molecule has 4 nitrogen and oxygen atoms in total. The van der Waals surface area contributed by atoms with Gasteiger partial charge >= 0.3 is 0 Å². The zero-order valence-corrected chi connectivity index (χ0v) is 17.8. The van der Waals surface area contributed by atoms with Gasteiger partial charge in [0.25, 0.3) is 0 Å². The van der Waals surface area contributed by atoms with Gasteiger partial charge in [-0.3, -0.25) is 0 Å². The van der Waals surface area contributed by atoms with Crippen LogP contribution in [0.1, 0.15) is 44.9 Å². The molecule has 1 unspecified atom stereocenters. The highest BCUT2D eigenvalue weighted by atomic mass is 16.4. The summed E-state index contributed by atoms with van der Waals surface area (Å²) in [5.41, 5.74) is 6.35.